The Morgan fingerprint density at radius 3 is 2.62 bits per heavy atom. The van der Waals surface area contributed by atoms with Crippen molar-refractivity contribution < 1.29 is 0 Å². The van der Waals surface area contributed by atoms with Crippen molar-refractivity contribution in [2.24, 2.45) is 0 Å². The van der Waals surface area contributed by atoms with Crippen LogP contribution >= 0.6 is 11.3 Å². The van der Waals surface area contributed by atoms with E-state index < -0.39 is 0 Å². The van der Waals surface area contributed by atoms with Gasteiger partial charge in [0.05, 0.1) is 5.69 Å². The van der Waals surface area contributed by atoms with Crippen molar-refractivity contribution in [3.63, 3.8) is 0 Å². The summed E-state index contributed by atoms with van der Waals surface area (Å²) in [6.45, 7) is 9.73. The van der Waals surface area contributed by atoms with Gasteiger partial charge < -0.3 is 5.32 Å². The van der Waals surface area contributed by atoms with Crippen LogP contribution in [0.2, 0.25) is 0 Å². The number of anilines is 1. The van der Waals surface area contributed by atoms with Gasteiger partial charge >= 0.3 is 0 Å². The quantitative estimate of drug-likeness (QED) is 0.806. The normalized spacial score (nSPS) is 11.7. The lowest BCUT2D eigenvalue weighted by atomic mass is 9.93. The molecule has 0 amide bonds. The van der Waals surface area contributed by atoms with Crippen LogP contribution in [0.1, 0.15) is 39.8 Å². The molecule has 0 fully saturated rings. The van der Waals surface area contributed by atoms with E-state index in [1.54, 1.807) is 11.3 Å². The van der Waals surface area contributed by atoms with Crippen LogP contribution in [0.25, 0.3) is 0 Å². The minimum atomic E-state index is 0.169. The van der Waals surface area contributed by atoms with Crippen molar-refractivity contribution in [1.82, 2.24) is 4.98 Å². The summed E-state index contributed by atoms with van der Waals surface area (Å²) in [5, 5.41) is 6.48. The molecule has 1 N–H and O–H groups in total. The van der Waals surface area contributed by atoms with Gasteiger partial charge in [0.25, 0.3) is 0 Å². The first-order chi connectivity index (χ1) is 6.04. The van der Waals surface area contributed by atoms with Crippen molar-refractivity contribution in [3.8, 4) is 0 Å². The maximum atomic E-state index is 4.53. The second-order valence-corrected chi connectivity index (χ2v) is 5.07. The molecule has 0 bridgehead atoms. The summed E-state index contributed by atoms with van der Waals surface area (Å²) in [6.07, 6.45) is 1.14. The molecule has 0 aliphatic carbocycles. The summed E-state index contributed by atoms with van der Waals surface area (Å²) in [6, 6.07) is 0. The summed E-state index contributed by atoms with van der Waals surface area (Å²) in [4.78, 5) is 4.53. The molecule has 1 rings (SSSR count). The average molecular weight is 198 g/mol. The second-order valence-electron chi connectivity index (χ2n) is 4.21. The Hall–Kier alpha value is -0.570. The van der Waals surface area contributed by atoms with Gasteiger partial charge in [-0.05, 0) is 6.42 Å². The Kier molecular flexibility index (Phi) is 3.31. The molecule has 0 unspecified atom stereocenters. The molecular formula is C10H18N2S. The molecule has 0 saturated heterocycles. The maximum Gasteiger partial charge on any atom is 0.182 e. The Morgan fingerprint density at radius 1 is 1.46 bits per heavy atom. The van der Waals surface area contributed by atoms with Crippen molar-refractivity contribution in [3.05, 3.63) is 11.1 Å². The fourth-order valence-electron chi connectivity index (χ4n) is 0.931. The third-order valence-electron chi connectivity index (χ3n) is 1.80. The van der Waals surface area contributed by atoms with Crippen LogP contribution in [0, 0.1) is 0 Å². The van der Waals surface area contributed by atoms with Gasteiger partial charge in [0.15, 0.2) is 5.13 Å². The minimum Gasteiger partial charge on any atom is -0.362 e. The predicted octanol–water partition coefficient (Wildman–Crippen LogP) is 3.26. The standard InChI is InChI=1S/C10H18N2S/c1-5-6-11-9-12-8(7-13-9)10(2,3)4/h7H,5-6H2,1-4H3,(H,11,12). The van der Waals surface area contributed by atoms with Gasteiger partial charge in [0, 0.05) is 17.3 Å². The monoisotopic (exact) mass is 198 g/mol. The molecule has 74 valence electrons. The Morgan fingerprint density at radius 2 is 2.15 bits per heavy atom. The second kappa shape index (κ2) is 4.09. The fourth-order valence-corrected chi connectivity index (χ4v) is 1.90. The topological polar surface area (TPSA) is 24.9 Å². The summed E-state index contributed by atoms with van der Waals surface area (Å²) in [5.41, 5.74) is 1.35. The number of rotatable bonds is 3. The molecular weight excluding hydrogens is 180 g/mol. The van der Waals surface area contributed by atoms with Crippen LogP contribution < -0.4 is 5.32 Å². The van der Waals surface area contributed by atoms with Crippen LogP contribution in [0.5, 0.6) is 0 Å². The van der Waals surface area contributed by atoms with E-state index in [0.717, 1.165) is 18.1 Å². The number of aromatic nitrogens is 1. The summed E-state index contributed by atoms with van der Waals surface area (Å²) in [7, 11) is 0. The molecule has 0 spiro atoms. The molecule has 1 aromatic rings. The first kappa shape index (κ1) is 10.5. The number of hydrogen-bond donors (Lipinski definition) is 1. The van der Waals surface area contributed by atoms with Gasteiger partial charge in [-0.25, -0.2) is 4.98 Å². The van der Waals surface area contributed by atoms with Crippen LogP contribution in [0.4, 0.5) is 5.13 Å². The molecule has 0 aromatic carbocycles. The van der Waals surface area contributed by atoms with Gasteiger partial charge in [0.1, 0.15) is 0 Å². The zero-order valence-electron chi connectivity index (χ0n) is 8.85. The van der Waals surface area contributed by atoms with Crippen LogP contribution in [0.15, 0.2) is 5.38 Å². The van der Waals surface area contributed by atoms with E-state index >= 15 is 0 Å². The number of nitrogens with zero attached hydrogens (tertiary/aromatic N) is 1. The van der Waals surface area contributed by atoms with E-state index in [1.807, 2.05) is 0 Å². The Labute approximate surface area is 84.4 Å². The molecule has 0 saturated carbocycles. The Bertz CT molecular complexity index is 260. The zero-order valence-corrected chi connectivity index (χ0v) is 9.66. The van der Waals surface area contributed by atoms with E-state index in [-0.39, 0.29) is 5.41 Å². The van der Waals surface area contributed by atoms with Gasteiger partial charge in [-0.3, -0.25) is 0 Å². The van der Waals surface area contributed by atoms with Gasteiger partial charge in [-0.2, -0.15) is 0 Å². The molecule has 0 aliphatic heterocycles. The van der Waals surface area contributed by atoms with Crippen molar-refractivity contribution in [2.75, 3.05) is 11.9 Å². The third-order valence-corrected chi connectivity index (χ3v) is 2.60. The lowest BCUT2D eigenvalue weighted by Crippen LogP contribution is -2.11. The number of hydrogen-bond acceptors (Lipinski definition) is 3. The third kappa shape index (κ3) is 2.99. The number of thiazole rings is 1. The van der Waals surface area contributed by atoms with Crippen molar-refractivity contribution >= 4 is 16.5 Å². The van der Waals surface area contributed by atoms with Gasteiger partial charge in [-0.15, -0.1) is 11.3 Å². The van der Waals surface area contributed by atoms with E-state index in [0.29, 0.717) is 0 Å². The zero-order chi connectivity index (χ0) is 9.90. The Balaban J connectivity index is 2.64. The predicted molar refractivity (Wildman–Crippen MR) is 59.6 cm³/mol. The average Bonchev–Trinajstić information content (AvgIpc) is 2.47. The molecule has 3 heteroatoms. The molecule has 2 nitrogen and oxygen atoms in total. The molecule has 13 heavy (non-hydrogen) atoms. The van der Waals surface area contributed by atoms with Gasteiger partial charge in [-0.1, -0.05) is 27.7 Å². The lowest BCUT2D eigenvalue weighted by Gasteiger charge is -2.14. The summed E-state index contributed by atoms with van der Waals surface area (Å²) < 4.78 is 0. The van der Waals surface area contributed by atoms with E-state index in [9.17, 15) is 0 Å². The largest absolute Gasteiger partial charge is 0.362 e. The van der Waals surface area contributed by atoms with Crippen LogP contribution in [0.3, 0.4) is 0 Å². The highest BCUT2D eigenvalue weighted by Gasteiger charge is 2.16. The molecule has 1 heterocycles. The number of nitrogens with one attached hydrogen (secondary N) is 1. The summed E-state index contributed by atoms with van der Waals surface area (Å²) >= 11 is 1.69. The van der Waals surface area contributed by atoms with Crippen molar-refractivity contribution in [1.29, 1.82) is 0 Å². The SMILES string of the molecule is CCCNc1nc(C(C)(C)C)cs1. The smallest absolute Gasteiger partial charge is 0.182 e. The maximum absolute atomic E-state index is 4.53. The highest BCUT2D eigenvalue weighted by molar-refractivity contribution is 7.13. The van der Waals surface area contributed by atoms with Crippen molar-refractivity contribution in [2.45, 2.75) is 39.5 Å². The van der Waals surface area contributed by atoms with Crippen LogP contribution in [-0.2, 0) is 5.41 Å². The van der Waals surface area contributed by atoms with Gasteiger partial charge in [0.2, 0.25) is 0 Å². The first-order valence-electron chi connectivity index (χ1n) is 4.74. The highest BCUT2D eigenvalue weighted by atomic mass is 32.1. The molecule has 1 aromatic heterocycles. The molecule has 0 aliphatic rings. The molecule has 0 atom stereocenters. The lowest BCUT2D eigenvalue weighted by molar-refractivity contribution is 0.573. The molecule has 0 radical (unpaired) electrons. The highest BCUT2D eigenvalue weighted by Crippen LogP contribution is 2.26. The summed E-state index contributed by atoms with van der Waals surface area (Å²) in [5.74, 6) is 0. The first-order valence-corrected chi connectivity index (χ1v) is 5.62. The van der Waals surface area contributed by atoms with E-state index in [1.165, 1.54) is 5.69 Å². The minimum absolute atomic E-state index is 0.169. The van der Waals surface area contributed by atoms with E-state index in [4.69, 9.17) is 0 Å². The van der Waals surface area contributed by atoms with Crippen LogP contribution in [-0.4, -0.2) is 11.5 Å². The fraction of sp³-hybridized carbons (Fsp3) is 0.700. The van der Waals surface area contributed by atoms with E-state index in [2.05, 4.69) is 43.4 Å².